The summed E-state index contributed by atoms with van der Waals surface area (Å²) >= 11 is 0. The van der Waals surface area contributed by atoms with Gasteiger partial charge < -0.3 is 14.8 Å². The molecule has 0 aromatic heterocycles. The number of fused-ring (bicyclic) bond motifs is 1. The minimum atomic E-state index is 0.0740. The van der Waals surface area contributed by atoms with Crippen molar-refractivity contribution in [2.45, 2.75) is 25.2 Å². The molecule has 0 aliphatic carbocycles. The molecule has 0 fully saturated rings. The Morgan fingerprint density at radius 3 is 2.88 bits per heavy atom. The van der Waals surface area contributed by atoms with E-state index in [0.717, 1.165) is 23.5 Å². The summed E-state index contributed by atoms with van der Waals surface area (Å²) in [7, 11) is 1.65. The smallest absolute Gasteiger partial charge is 0.220 e. The average Bonchev–Trinajstić information content (AvgIpc) is 2.64. The highest BCUT2D eigenvalue weighted by Gasteiger charge is 2.21. The summed E-state index contributed by atoms with van der Waals surface area (Å²) in [5.74, 6) is 2.18. The largest absolute Gasteiger partial charge is 0.496 e. The second-order valence-electron chi connectivity index (χ2n) is 5.99. The molecule has 0 spiro atoms. The van der Waals surface area contributed by atoms with Crippen molar-refractivity contribution in [1.29, 1.82) is 0 Å². The van der Waals surface area contributed by atoms with Gasteiger partial charge in [-0.2, -0.15) is 0 Å². The summed E-state index contributed by atoms with van der Waals surface area (Å²) in [6.45, 7) is 1.36. The Hall–Kier alpha value is -2.49. The molecule has 0 saturated heterocycles. The van der Waals surface area contributed by atoms with Crippen LogP contribution in [0.4, 0.5) is 0 Å². The summed E-state index contributed by atoms with van der Waals surface area (Å²) < 4.78 is 11.0. The van der Waals surface area contributed by atoms with Gasteiger partial charge in [0.05, 0.1) is 13.7 Å². The van der Waals surface area contributed by atoms with E-state index in [0.29, 0.717) is 31.9 Å². The van der Waals surface area contributed by atoms with Crippen LogP contribution in [-0.2, 0) is 11.2 Å². The lowest BCUT2D eigenvalue weighted by Gasteiger charge is -2.26. The van der Waals surface area contributed by atoms with Crippen LogP contribution < -0.4 is 14.8 Å². The summed E-state index contributed by atoms with van der Waals surface area (Å²) in [5.41, 5.74) is 2.25. The van der Waals surface area contributed by atoms with Crippen molar-refractivity contribution >= 4 is 5.91 Å². The minimum Gasteiger partial charge on any atom is -0.496 e. The molecule has 4 heteroatoms. The average molecular weight is 325 g/mol. The Morgan fingerprint density at radius 2 is 2.00 bits per heavy atom. The van der Waals surface area contributed by atoms with Crippen LogP contribution >= 0.6 is 0 Å². The first kappa shape index (κ1) is 16.4. The summed E-state index contributed by atoms with van der Waals surface area (Å²) in [4.78, 5) is 12.2. The monoisotopic (exact) mass is 325 g/mol. The number of hydrogen-bond donors (Lipinski definition) is 1. The highest BCUT2D eigenvalue weighted by molar-refractivity contribution is 5.76. The van der Waals surface area contributed by atoms with Gasteiger partial charge in [0.1, 0.15) is 11.5 Å². The number of aryl methyl sites for hydroxylation is 1. The number of rotatable bonds is 6. The lowest BCUT2D eigenvalue weighted by Crippen LogP contribution is -2.30. The van der Waals surface area contributed by atoms with Gasteiger partial charge in [-0.15, -0.1) is 0 Å². The molecule has 1 aliphatic rings. The topological polar surface area (TPSA) is 47.6 Å². The Kier molecular flexibility index (Phi) is 5.36. The van der Waals surface area contributed by atoms with Crippen LogP contribution in [0, 0.1) is 0 Å². The zero-order valence-electron chi connectivity index (χ0n) is 14.0. The lowest BCUT2D eigenvalue weighted by molar-refractivity contribution is -0.121. The number of carbonyl (C=O) groups is 1. The number of ether oxygens (including phenoxy) is 2. The van der Waals surface area contributed by atoms with Crippen LogP contribution in [0.2, 0.25) is 0 Å². The van der Waals surface area contributed by atoms with Gasteiger partial charge in [0.25, 0.3) is 0 Å². The molecular formula is C20H23NO3. The van der Waals surface area contributed by atoms with Crippen LogP contribution in [0.3, 0.4) is 0 Å². The molecule has 1 heterocycles. The molecule has 1 atom stereocenters. The van der Waals surface area contributed by atoms with Crippen LogP contribution in [-0.4, -0.2) is 26.2 Å². The third kappa shape index (κ3) is 3.88. The maximum Gasteiger partial charge on any atom is 0.220 e. The predicted octanol–water partition coefficient (Wildman–Crippen LogP) is 3.31. The van der Waals surface area contributed by atoms with Crippen LogP contribution in [0.25, 0.3) is 0 Å². The molecule has 1 unspecified atom stereocenters. The second-order valence-corrected chi connectivity index (χ2v) is 5.99. The minimum absolute atomic E-state index is 0.0740. The van der Waals surface area contributed by atoms with E-state index in [1.54, 1.807) is 7.11 Å². The van der Waals surface area contributed by atoms with Gasteiger partial charge in [0, 0.05) is 18.9 Å². The number of hydrogen-bond acceptors (Lipinski definition) is 3. The normalized spacial score (nSPS) is 16.0. The SMILES string of the molecule is COc1ccccc1CCC(=O)NCC1CCOc2ccccc21. The van der Waals surface area contributed by atoms with Crippen molar-refractivity contribution < 1.29 is 14.3 Å². The fourth-order valence-electron chi connectivity index (χ4n) is 3.11. The first-order valence-corrected chi connectivity index (χ1v) is 8.38. The van der Waals surface area contributed by atoms with Gasteiger partial charge in [-0.05, 0) is 36.1 Å². The molecule has 1 aliphatic heterocycles. The molecule has 4 nitrogen and oxygen atoms in total. The van der Waals surface area contributed by atoms with Gasteiger partial charge in [-0.1, -0.05) is 36.4 Å². The summed E-state index contributed by atoms with van der Waals surface area (Å²) in [6.07, 6.45) is 2.08. The molecule has 3 rings (SSSR count). The maximum atomic E-state index is 12.2. The zero-order chi connectivity index (χ0) is 16.8. The highest BCUT2D eigenvalue weighted by atomic mass is 16.5. The lowest BCUT2D eigenvalue weighted by atomic mass is 9.93. The van der Waals surface area contributed by atoms with E-state index in [1.807, 2.05) is 42.5 Å². The molecule has 1 amide bonds. The van der Waals surface area contributed by atoms with Gasteiger partial charge in [0.15, 0.2) is 0 Å². The van der Waals surface area contributed by atoms with Crippen molar-refractivity contribution in [3.63, 3.8) is 0 Å². The molecule has 2 aromatic carbocycles. The van der Waals surface area contributed by atoms with Crippen molar-refractivity contribution in [3.8, 4) is 11.5 Å². The fourth-order valence-corrected chi connectivity index (χ4v) is 3.11. The van der Waals surface area contributed by atoms with E-state index in [2.05, 4.69) is 11.4 Å². The van der Waals surface area contributed by atoms with Gasteiger partial charge in [0.2, 0.25) is 5.91 Å². The van der Waals surface area contributed by atoms with Crippen LogP contribution in [0.5, 0.6) is 11.5 Å². The first-order chi connectivity index (χ1) is 11.8. The second kappa shape index (κ2) is 7.86. The number of amides is 1. The fraction of sp³-hybridized carbons (Fsp3) is 0.350. The third-order valence-electron chi connectivity index (χ3n) is 4.44. The Balaban J connectivity index is 1.52. The Bertz CT molecular complexity index is 699. The van der Waals surface area contributed by atoms with E-state index in [4.69, 9.17) is 9.47 Å². The van der Waals surface area contributed by atoms with E-state index < -0.39 is 0 Å². The standard InChI is InChI=1S/C20H23NO3/c1-23-18-8-4-2-6-15(18)10-11-20(22)21-14-16-12-13-24-19-9-5-3-7-17(16)19/h2-9,16H,10-14H2,1H3,(H,21,22). The number of para-hydroxylation sites is 2. The number of methoxy groups -OCH3 is 1. The molecule has 0 bridgehead atoms. The number of carbonyl (C=O) groups excluding carboxylic acids is 1. The van der Waals surface area contributed by atoms with E-state index in [-0.39, 0.29) is 5.91 Å². The zero-order valence-corrected chi connectivity index (χ0v) is 14.0. The van der Waals surface area contributed by atoms with E-state index in [9.17, 15) is 4.79 Å². The van der Waals surface area contributed by atoms with Crippen molar-refractivity contribution in [2.24, 2.45) is 0 Å². The van der Waals surface area contributed by atoms with E-state index >= 15 is 0 Å². The molecule has 0 saturated carbocycles. The summed E-state index contributed by atoms with van der Waals surface area (Å²) in [6, 6.07) is 15.9. The molecular weight excluding hydrogens is 302 g/mol. The number of nitrogens with one attached hydrogen (secondary N) is 1. The van der Waals surface area contributed by atoms with Gasteiger partial charge in [-0.25, -0.2) is 0 Å². The quantitative estimate of drug-likeness (QED) is 0.886. The van der Waals surface area contributed by atoms with E-state index in [1.165, 1.54) is 5.56 Å². The number of benzene rings is 2. The van der Waals surface area contributed by atoms with Crippen molar-refractivity contribution in [1.82, 2.24) is 5.32 Å². The molecule has 126 valence electrons. The third-order valence-corrected chi connectivity index (χ3v) is 4.44. The molecule has 2 aromatic rings. The molecule has 1 N–H and O–H groups in total. The summed E-state index contributed by atoms with van der Waals surface area (Å²) in [5, 5.41) is 3.07. The highest BCUT2D eigenvalue weighted by Crippen LogP contribution is 2.32. The van der Waals surface area contributed by atoms with Crippen molar-refractivity contribution in [2.75, 3.05) is 20.3 Å². The van der Waals surface area contributed by atoms with Crippen LogP contribution in [0.1, 0.15) is 29.9 Å². The van der Waals surface area contributed by atoms with Crippen molar-refractivity contribution in [3.05, 3.63) is 59.7 Å². The van der Waals surface area contributed by atoms with Crippen LogP contribution in [0.15, 0.2) is 48.5 Å². The van der Waals surface area contributed by atoms with Gasteiger partial charge >= 0.3 is 0 Å². The Morgan fingerprint density at radius 1 is 1.21 bits per heavy atom. The Labute approximate surface area is 142 Å². The maximum absolute atomic E-state index is 12.2. The van der Waals surface area contributed by atoms with Gasteiger partial charge in [-0.3, -0.25) is 4.79 Å². The molecule has 24 heavy (non-hydrogen) atoms. The molecule has 0 radical (unpaired) electrons. The first-order valence-electron chi connectivity index (χ1n) is 8.38. The predicted molar refractivity (Wildman–Crippen MR) is 93.6 cm³/mol.